The molecule has 3 rings (SSSR count). The number of rotatable bonds is 3. The Labute approximate surface area is 136 Å². The summed E-state index contributed by atoms with van der Waals surface area (Å²) in [6, 6.07) is 5.28. The fourth-order valence-electron chi connectivity index (χ4n) is 2.17. The van der Waals surface area contributed by atoms with Gasteiger partial charge in [0.2, 0.25) is 5.13 Å². The molecule has 0 atom stereocenters. The van der Waals surface area contributed by atoms with Crippen molar-refractivity contribution < 1.29 is 12.8 Å². The first-order chi connectivity index (χ1) is 10.9. The van der Waals surface area contributed by atoms with Gasteiger partial charge in [-0.05, 0) is 31.0 Å². The second-order valence-corrected chi connectivity index (χ2v) is 7.46. The number of aromatic nitrogens is 2. The van der Waals surface area contributed by atoms with Crippen LogP contribution >= 0.6 is 11.3 Å². The van der Waals surface area contributed by atoms with E-state index in [9.17, 15) is 12.8 Å². The maximum atomic E-state index is 13.0. The molecule has 2 heterocycles. The average Bonchev–Trinajstić information content (AvgIpc) is 3.04. The van der Waals surface area contributed by atoms with E-state index < -0.39 is 15.8 Å². The van der Waals surface area contributed by atoms with Crippen LogP contribution in [0.15, 0.2) is 34.2 Å². The monoisotopic (exact) mass is 352 g/mol. The van der Waals surface area contributed by atoms with Gasteiger partial charge in [-0.1, -0.05) is 30.4 Å². The summed E-state index contributed by atoms with van der Waals surface area (Å²) in [6.07, 6.45) is 0.750. The topological polar surface area (TPSA) is 84.3 Å². The molecule has 0 amide bonds. The molecule has 0 saturated carbocycles. The summed E-state index contributed by atoms with van der Waals surface area (Å²) in [7, 11) is -3.83. The third-order valence-corrected chi connectivity index (χ3v) is 5.73. The molecule has 6 nitrogen and oxygen atoms in total. The highest BCUT2D eigenvalue weighted by Gasteiger charge is 2.31. The molecule has 120 valence electrons. The van der Waals surface area contributed by atoms with E-state index >= 15 is 0 Å². The van der Waals surface area contributed by atoms with E-state index in [4.69, 9.17) is 0 Å². The number of sulfonamides is 1. The highest BCUT2D eigenvalue weighted by molar-refractivity contribution is 8.00. The van der Waals surface area contributed by atoms with Crippen LogP contribution in [0.3, 0.4) is 0 Å². The first-order valence-corrected chi connectivity index (χ1v) is 9.08. The number of benzene rings is 1. The molecular formula is C14H13FN4O2S2. The predicted molar refractivity (Wildman–Crippen MR) is 88.3 cm³/mol. The number of aryl methyl sites for hydroxylation is 1. The molecule has 23 heavy (non-hydrogen) atoms. The lowest BCUT2D eigenvalue weighted by Crippen LogP contribution is -2.11. The van der Waals surface area contributed by atoms with Crippen LogP contribution in [0.4, 0.5) is 9.52 Å². The van der Waals surface area contributed by atoms with Crippen molar-refractivity contribution in [1.29, 1.82) is 0 Å². The lowest BCUT2D eigenvalue weighted by atomic mass is 10.1. The minimum atomic E-state index is -3.83. The first-order valence-electron chi connectivity index (χ1n) is 6.82. The van der Waals surface area contributed by atoms with Crippen molar-refractivity contribution in [2.45, 2.75) is 20.3 Å². The Morgan fingerprint density at radius 3 is 2.52 bits per heavy atom. The van der Waals surface area contributed by atoms with Gasteiger partial charge < -0.3 is 5.32 Å². The highest BCUT2D eigenvalue weighted by Crippen LogP contribution is 2.33. The van der Waals surface area contributed by atoms with Gasteiger partial charge in [0.05, 0.1) is 0 Å². The maximum Gasteiger partial charge on any atom is 0.285 e. The van der Waals surface area contributed by atoms with Crippen LogP contribution < -0.4 is 5.32 Å². The van der Waals surface area contributed by atoms with Gasteiger partial charge in [-0.3, -0.25) is 0 Å². The highest BCUT2D eigenvalue weighted by atomic mass is 32.2. The number of halogens is 1. The zero-order valence-corrected chi connectivity index (χ0v) is 14.0. The normalized spacial score (nSPS) is 16.6. The molecule has 2 aromatic rings. The van der Waals surface area contributed by atoms with Gasteiger partial charge in [0, 0.05) is 5.57 Å². The van der Waals surface area contributed by atoms with Crippen LogP contribution in [-0.4, -0.2) is 24.5 Å². The molecule has 1 aliphatic heterocycles. The number of amidine groups is 1. The predicted octanol–water partition coefficient (Wildman–Crippen LogP) is 2.82. The van der Waals surface area contributed by atoms with Crippen LogP contribution in [-0.2, 0) is 16.4 Å². The summed E-state index contributed by atoms with van der Waals surface area (Å²) in [4.78, 5) is 0.0697. The number of hydrogen-bond acceptors (Lipinski definition) is 6. The molecule has 0 saturated heterocycles. The Bertz CT molecular complexity index is 915. The maximum absolute atomic E-state index is 13.0. The van der Waals surface area contributed by atoms with Crippen molar-refractivity contribution in [2.24, 2.45) is 4.40 Å². The van der Waals surface area contributed by atoms with Crippen molar-refractivity contribution in [3.05, 3.63) is 46.2 Å². The fraction of sp³-hybridized carbons (Fsp3) is 0.214. The van der Waals surface area contributed by atoms with E-state index in [1.54, 1.807) is 6.92 Å². The largest absolute Gasteiger partial charge is 0.314 e. The van der Waals surface area contributed by atoms with Gasteiger partial charge in [-0.25, -0.2) is 4.39 Å². The molecular weight excluding hydrogens is 339 g/mol. The standard InChI is InChI=1S/C14H13FN4O2S2/c1-3-11-17-18-14(22-11)16-13-8(2)12(23(20,21)19-13)9-4-6-10(15)7-5-9/h4-7H,3H2,1-2H3,(H,16,18,19). The van der Waals surface area contributed by atoms with Crippen molar-refractivity contribution in [1.82, 2.24) is 10.2 Å². The molecule has 9 heteroatoms. The molecule has 0 fully saturated rings. The fourth-order valence-corrected chi connectivity index (χ4v) is 4.28. The van der Waals surface area contributed by atoms with Crippen LogP contribution in [0, 0.1) is 5.82 Å². The van der Waals surface area contributed by atoms with E-state index in [0.29, 0.717) is 16.3 Å². The molecule has 0 aliphatic carbocycles. The lowest BCUT2D eigenvalue weighted by molar-refractivity contribution is 0.608. The summed E-state index contributed by atoms with van der Waals surface area (Å²) in [5.41, 5.74) is 0.862. The van der Waals surface area contributed by atoms with Crippen LogP contribution in [0.1, 0.15) is 24.4 Å². The minimum absolute atomic E-state index is 0.0697. The van der Waals surface area contributed by atoms with E-state index in [2.05, 4.69) is 19.9 Å². The first kappa shape index (κ1) is 15.8. The molecule has 1 aromatic heterocycles. The quantitative estimate of drug-likeness (QED) is 0.918. The van der Waals surface area contributed by atoms with Crippen molar-refractivity contribution in [3.8, 4) is 0 Å². The third-order valence-electron chi connectivity index (χ3n) is 3.27. The van der Waals surface area contributed by atoms with Gasteiger partial charge in [0.1, 0.15) is 21.6 Å². The summed E-state index contributed by atoms with van der Waals surface area (Å²) in [6.45, 7) is 3.61. The number of hydrogen-bond donors (Lipinski definition) is 1. The summed E-state index contributed by atoms with van der Waals surface area (Å²) in [5.74, 6) is -0.217. The van der Waals surface area contributed by atoms with Crippen molar-refractivity contribution >= 4 is 37.2 Å². The summed E-state index contributed by atoms with van der Waals surface area (Å²) >= 11 is 1.34. The van der Waals surface area contributed by atoms with E-state index in [1.807, 2.05) is 6.92 Å². The number of anilines is 1. The zero-order chi connectivity index (χ0) is 16.6. The van der Waals surface area contributed by atoms with Gasteiger partial charge in [-0.15, -0.1) is 14.6 Å². The Kier molecular flexibility index (Phi) is 3.99. The second-order valence-electron chi connectivity index (χ2n) is 4.86. The third kappa shape index (κ3) is 3.02. The number of nitrogens with one attached hydrogen (secondary N) is 1. The Morgan fingerprint density at radius 1 is 1.22 bits per heavy atom. The molecule has 1 N–H and O–H groups in total. The summed E-state index contributed by atoms with van der Waals surface area (Å²) < 4.78 is 41.4. The van der Waals surface area contributed by atoms with E-state index in [1.165, 1.54) is 35.6 Å². The second kappa shape index (κ2) is 5.82. The molecule has 0 bridgehead atoms. The van der Waals surface area contributed by atoms with Crippen molar-refractivity contribution in [3.63, 3.8) is 0 Å². The zero-order valence-electron chi connectivity index (χ0n) is 12.4. The van der Waals surface area contributed by atoms with Crippen LogP contribution in [0.25, 0.3) is 4.91 Å². The molecule has 0 spiro atoms. The smallest absolute Gasteiger partial charge is 0.285 e. The Hall–Kier alpha value is -2.13. The van der Waals surface area contributed by atoms with Gasteiger partial charge in [0.25, 0.3) is 10.0 Å². The van der Waals surface area contributed by atoms with Gasteiger partial charge in [0.15, 0.2) is 0 Å². The molecule has 0 radical (unpaired) electrons. The Morgan fingerprint density at radius 2 is 1.91 bits per heavy atom. The van der Waals surface area contributed by atoms with E-state index in [-0.39, 0.29) is 10.7 Å². The van der Waals surface area contributed by atoms with Gasteiger partial charge in [-0.2, -0.15) is 8.42 Å². The summed E-state index contributed by atoms with van der Waals surface area (Å²) in [5, 5.41) is 12.1. The van der Waals surface area contributed by atoms with Crippen molar-refractivity contribution in [2.75, 3.05) is 5.32 Å². The minimum Gasteiger partial charge on any atom is -0.314 e. The number of nitrogens with zero attached hydrogens (tertiary/aromatic N) is 3. The van der Waals surface area contributed by atoms with Crippen LogP contribution in [0.5, 0.6) is 0 Å². The lowest BCUT2D eigenvalue weighted by Gasteiger charge is -2.04. The van der Waals surface area contributed by atoms with E-state index in [0.717, 1.165) is 11.4 Å². The Balaban J connectivity index is 1.98. The molecule has 1 aromatic carbocycles. The molecule has 1 aliphatic rings. The SMILES string of the molecule is CCc1nnc(NC2=NS(=O)(=O)C(c3ccc(F)cc3)=C2C)s1. The van der Waals surface area contributed by atoms with Gasteiger partial charge >= 0.3 is 0 Å². The van der Waals surface area contributed by atoms with Crippen LogP contribution in [0.2, 0.25) is 0 Å². The average molecular weight is 352 g/mol. The molecule has 0 unspecified atom stereocenters.